The van der Waals surface area contributed by atoms with Crippen molar-refractivity contribution in [2.45, 2.75) is 38.6 Å². The molecule has 0 aromatic heterocycles. The second-order valence-electron chi connectivity index (χ2n) is 6.15. The van der Waals surface area contributed by atoms with Gasteiger partial charge < -0.3 is 15.3 Å². The van der Waals surface area contributed by atoms with E-state index in [1.54, 1.807) is 29.2 Å². The van der Waals surface area contributed by atoms with Crippen molar-refractivity contribution < 1.29 is 24.3 Å². The fraction of sp³-hybridized carbons (Fsp3) is 0.444. The highest BCUT2D eigenvalue weighted by atomic mass is 16.4. The number of hydrogen-bond donors (Lipinski definition) is 2. The van der Waals surface area contributed by atoms with Gasteiger partial charge in [-0.05, 0) is 30.9 Å². The molecule has 25 heavy (non-hydrogen) atoms. The number of nitrogens with zero attached hydrogens (tertiary/aromatic N) is 1. The first kappa shape index (κ1) is 18.6. The number of amides is 2. The predicted molar refractivity (Wildman–Crippen MR) is 89.9 cm³/mol. The fourth-order valence-electron chi connectivity index (χ4n) is 3.06. The number of rotatable bonds is 7. The van der Waals surface area contributed by atoms with Crippen LogP contribution in [0.4, 0.5) is 0 Å². The van der Waals surface area contributed by atoms with E-state index in [9.17, 15) is 19.2 Å². The summed E-state index contributed by atoms with van der Waals surface area (Å²) in [7, 11) is 0. The second-order valence-corrected chi connectivity index (χ2v) is 6.15. The molecule has 0 spiro atoms. The van der Waals surface area contributed by atoms with Crippen molar-refractivity contribution >= 4 is 23.6 Å². The van der Waals surface area contributed by atoms with Crippen molar-refractivity contribution in [1.29, 1.82) is 0 Å². The first-order chi connectivity index (χ1) is 11.9. The van der Waals surface area contributed by atoms with Gasteiger partial charge in [0.25, 0.3) is 0 Å². The standard InChI is InChI=1S/C18H22N2O5/c1-12(21)15-7-4-8-20(15)17(23)10-14-6-3-2-5-13(14)9-16(22)19-11-18(24)25/h2-3,5-6,15H,4,7-11H2,1H3,(H,19,22)(H,24,25)/t15-/m1/s1. The van der Waals surface area contributed by atoms with E-state index in [2.05, 4.69) is 5.32 Å². The maximum atomic E-state index is 12.6. The maximum absolute atomic E-state index is 12.6. The number of hydrogen-bond acceptors (Lipinski definition) is 4. The Morgan fingerprint density at radius 1 is 1.16 bits per heavy atom. The van der Waals surface area contributed by atoms with Crippen LogP contribution in [0.2, 0.25) is 0 Å². The molecule has 7 nitrogen and oxygen atoms in total. The molecule has 1 atom stereocenters. The molecule has 0 aliphatic carbocycles. The van der Waals surface area contributed by atoms with Gasteiger partial charge in [0.15, 0.2) is 5.78 Å². The Balaban J connectivity index is 2.05. The van der Waals surface area contributed by atoms with Crippen molar-refractivity contribution in [3.05, 3.63) is 35.4 Å². The van der Waals surface area contributed by atoms with Crippen molar-refractivity contribution in [2.75, 3.05) is 13.1 Å². The van der Waals surface area contributed by atoms with Crippen molar-refractivity contribution in [2.24, 2.45) is 0 Å². The monoisotopic (exact) mass is 346 g/mol. The molecule has 1 aromatic carbocycles. The van der Waals surface area contributed by atoms with Gasteiger partial charge in [0.1, 0.15) is 6.54 Å². The molecule has 1 aliphatic heterocycles. The summed E-state index contributed by atoms with van der Waals surface area (Å²) in [6, 6.07) is 6.72. The number of ketones is 1. The molecule has 0 bridgehead atoms. The number of carbonyl (C=O) groups is 4. The van der Waals surface area contributed by atoms with E-state index >= 15 is 0 Å². The number of Topliss-reactive ketones (excluding diaryl/α,β-unsaturated/α-hetero) is 1. The summed E-state index contributed by atoms with van der Waals surface area (Å²) in [5.74, 6) is -1.66. The number of benzene rings is 1. The molecule has 1 saturated heterocycles. The first-order valence-electron chi connectivity index (χ1n) is 8.23. The van der Waals surface area contributed by atoms with E-state index in [1.807, 2.05) is 0 Å². The van der Waals surface area contributed by atoms with E-state index in [4.69, 9.17) is 5.11 Å². The van der Waals surface area contributed by atoms with Crippen LogP contribution in [-0.2, 0) is 32.0 Å². The molecular formula is C18H22N2O5. The molecule has 134 valence electrons. The average molecular weight is 346 g/mol. The van der Waals surface area contributed by atoms with Gasteiger partial charge in [-0.25, -0.2) is 0 Å². The summed E-state index contributed by atoms with van der Waals surface area (Å²) in [6.07, 6.45) is 1.63. The lowest BCUT2D eigenvalue weighted by molar-refractivity contribution is -0.137. The van der Waals surface area contributed by atoms with Crippen LogP contribution in [0.5, 0.6) is 0 Å². The number of likely N-dealkylation sites (tertiary alicyclic amines) is 1. The molecule has 1 aliphatic rings. The Morgan fingerprint density at radius 2 is 1.80 bits per heavy atom. The van der Waals surface area contributed by atoms with Crippen molar-refractivity contribution in [3.63, 3.8) is 0 Å². The molecule has 7 heteroatoms. The Hall–Kier alpha value is -2.70. The minimum Gasteiger partial charge on any atom is -0.480 e. The number of carbonyl (C=O) groups excluding carboxylic acids is 3. The zero-order valence-corrected chi connectivity index (χ0v) is 14.2. The molecule has 1 fully saturated rings. The van der Waals surface area contributed by atoms with Crippen molar-refractivity contribution in [3.8, 4) is 0 Å². The summed E-state index contributed by atoms with van der Waals surface area (Å²) < 4.78 is 0. The third-order valence-corrected chi connectivity index (χ3v) is 4.29. The highest BCUT2D eigenvalue weighted by molar-refractivity contribution is 5.89. The number of carboxylic acids is 1. The van der Waals surface area contributed by atoms with Gasteiger partial charge in [0.2, 0.25) is 11.8 Å². The Kier molecular flexibility index (Phi) is 6.27. The van der Waals surface area contributed by atoms with Crippen LogP contribution in [-0.4, -0.2) is 52.7 Å². The average Bonchev–Trinajstić information content (AvgIpc) is 3.05. The molecule has 2 amide bonds. The van der Waals surface area contributed by atoms with Gasteiger partial charge in [-0.15, -0.1) is 0 Å². The zero-order chi connectivity index (χ0) is 18.4. The highest BCUT2D eigenvalue weighted by Gasteiger charge is 2.31. The quantitative estimate of drug-likeness (QED) is 0.750. The summed E-state index contributed by atoms with van der Waals surface area (Å²) in [5, 5.41) is 10.9. The SMILES string of the molecule is CC(=O)[C@H]1CCCN1C(=O)Cc1ccccc1CC(=O)NCC(=O)O. The topological polar surface area (TPSA) is 104 Å². The van der Waals surface area contributed by atoms with Gasteiger partial charge >= 0.3 is 5.97 Å². The van der Waals surface area contributed by atoms with Gasteiger partial charge in [-0.1, -0.05) is 24.3 Å². The molecular weight excluding hydrogens is 324 g/mol. The highest BCUT2D eigenvalue weighted by Crippen LogP contribution is 2.20. The lowest BCUT2D eigenvalue weighted by Gasteiger charge is -2.23. The van der Waals surface area contributed by atoms with Crippen LogP contribution >= 0.6 is 0 Å². The Bertz CT molecular complexity index is 686. The van der Waals surface area contributed by atoms with Gasteiger partial charge in [-0.2, -0.15) is 0 Å². The van der Waals surface area contributed by atoms with E-state index in [0.717, 1.165) is 6.42 Å². The van der Waals surface area contributed by atoms with E-state index in [-0.39, 0.29) is 30.6 Å². The largest absolute Gasteiger partial charge is 0.480 e. The van der Waals surface area contributed by atoms with Gasteiger partial charge in [0.05, 0.1) is 18.9 Å². The minimum atomic E-state index is -1.11. The molecule has 0 radical (unpaired) electrons. The third kappa shape index (κ3) is 5.14. The van der Waals surface area contributed by atoms with Crippen LogP contribution in [0, 0.1) is 0 Å². The lowest BCUT2D eigenvalue weighted by Crippen LogP contribution is -2.40. The number of nitrogens with one attached hydrogen (secondary N) is 1. The summed E-state index contributed by atoms with van der Waals surface area (Å²) in [5.41, 5.74) is 1.39. The van der Waals surface area contributed by atoms with E-state index in [0.29, 0.717) is 24.1 Å². The minimum absolute atomic E-state index is 0.00682. The lowest BCUT2D eigenvalue weighted by atomic mass is 10.0. The van der Waals surface area contributed by atoms with E-state index in [1.165, 1.54) is 6.92 Å². The molecule has 0 saturated carbocycles. The molecule has 0 unspecified atom stereocenters. The zero-order valence-electron chi connectivity index (χ0n) is 14.2. The van der Waals surface area contributed by atoms with Crippen LogP contribution in [0.3, 0.4) is 0 Å². The molecule has 2 N–H and O–H groups in total. The normalized spacial score (nSPS) is 16.5. The van der Waals surface area contributed by atoms with E-state index < -0.39 is 18.4 Å². The van der Waals surface area contributed by atoms with Crippen LogP contribution in [0.15, 0.2) is 24.3 Å². The Morgan fingerprint density at radius 3 is 2.40 bits per heavy atom. The molecule has 1 heterocycles. The maximum Gasteiger partial charge on any atom is 0.322 e. The van der Waals surface area contributed by atoms with Gasteiger partial charge in [-0.3, -0.25) is 19.2 Å². The summed E-state index contributed by atoms with van der Waals surface area (Å²) >= 11 is 0. The summed E-state index contributed by atoms with van der Waals surface area (Å²) in [4.78, 5) is 48.2. The van der Waals surface area contributed by atoms with Crippen LogP contribution in [0.25, 0.3) is 0 Å². The first-order valence-corrected chi connectivity index (χ1v) is 8.23. The number of carboxylic acid groups (broad SMARTS) is 1. The second kappa shape index (κ2) is 8.41. The van der Waals surface area contributed by atoms with Crippen LogP contribution < -0.4 is 5.32 Å². The van der Waals surface area contributed by atoms with Crippen LogP contribution in [0.1, 0.15) is 30.9 Å². The smallest absolute Gasteiger partial charge is 0.322 e. The Labute approximate surface area is 146 Å². The predicted octanol–water partition coefficient (Wildman–Crippen LogP) is 0.552. The number of aliphatic carboxylic acids is 1. The summed E-state index contributed by atoms with van der Waals surface area (Å²) in [6.45, 7) is 1.63. The van der Waals surface area contributed by atoms with Gasteiger partial charge in [0, 0.05) is 6.54 Å². The molecule has 2 rings (SSSR count). The molecule has 1 aromatic rings. The third-order valence-electron chi connectivity index (χ3n) is 4.29. The van der Waals surface area contributed by atoms with Crippen molar-refractivity contribution in [1.82, 2.24) is 10.2 Å². The fourth-order valence-corrected chi connectivity index (χ4v) is 3.06.